The van der Waals surface area contributed by atoms with Crippen LogP contribution in [-0.2, 0) is 14.8 Å². The number of anilines is 1. The molecule has 1 aromatic carbocycles. The molecule has 1 amide bonds. The van der Waals surface area contributed by atoms with Gasteiger partial charge < -0.3 is 4.90 Å². The Bertz CT molecular complexity index is 999. The molecule has 28 heavy (non-hydrogen) atoms. The van der Waals surface area contributed by atoms with Crippen molar-refractivity contribution in [2.45, 2.75) is 11.3 Å². The van der Waals surface area contributed by atoms with Crippen LogP contribution in [0.25, 0.3) is 0 Å². The minimum absolute atomic E-state index is 0.0372. The zero-order chi connectivity index (χ0) is 19.6. The largest absolute Gasteiger partial charge is 0.335 e. The first kappa shape index (κ1) is 18.4. The van der Waals surface area contributed by atoms with Crippen molar-refractivity contribution in [2.24, 2.45) is 4.99 Å². The molecular formula is C19H22N5O3S+. The summed E-state index contributed by atoms with van der Waals surface area (Å²) < 4.78 is 26.6. The number of hydrogen-bond donors (Lipinski definition) is 1. The molecule has 0 saturated carbocycles. The summed E-state index contributed by atoms with van der Waals surface area (Å²) in [7, 11) is -3.54. The number of sulfonamides is 1. The van der Waals surface area contributed by atoms with E-state index in [4.69, 9.17) is 0 Å². The number of nitrogens with one attached hydrogen (secondary N) is 2. The van der Waals surface area contributed by atoms with Gasteiger partial charge in [0, 0.05) is 18.1 Å². The summed E-state index contributed by atoms with van der Waals surface area (Å²) in [4.78, 5) is 24.3. The molecule has 3 heterocycles. The van der Waals surface area contributed by atoms with Gasteiger partial charge in [-0.25, -0.2) is 13.4 Å². The number of amidine groups is 1. The van der Waals surface area contributed by atoms with Crippen molar-refractivity contribution in [1.29, 1.82) is 0 Å². The van der Waals surface area contributed by atoms with E-state index < -0.39 is 10.0 Å². The van der Waals surface area contributed by atoms with E-state index in [0.29, 0.717) is 24.5 Å². The summed E-state index contributed by atoms with van der Waals surface area (Å²) in [6.07, 6.45) is 2.15. The van der Waals surface area contributed by atoms with E-state index in [2.05, 4.69) is 19.6 Å². The first-order valence-electron chi connectivity index (χ1n) is 9.21. The third-order valence-electron chi connectivity index (χ3n) is 4.92. The molecule has 2 aromatic rings. The molecule has 2 aliphatic heterocycles. The molecule has 0 radical (unpaired) electrons. The third-order valence-corrected chi connectivity index (χ3v) is 6.32. The van der Waals surface area contributed by atoms with Crippen LogP contribution < -0.4 is 14.6 Å². The van der Waals surface area contributed by atoms with E-state index in [1.165, 1.54) is 0 Å². The van der Waals surface area contributed by atoms with Gasteiger partial charge in [-0.2, -0.15) is 0 Å². The number of carbonyl (C=O) groups is 1. The van der Waals surface area contributed by atoms with Crippen molar-refractivity contribution in [3.8, 4) is 0 Å². The minimum Gasteiger partial charge on any atom is -0.335 e. The summed E-state index contributed by atoms with van der Waals surface area (Å²) in [5.41, 5.74) is 0.558. The summed E-state index contributed by atoms with van der Waals surface area (Å²) in [6, 6.07) is 12.7. The fraction of sp³-hybridized carbons (Fsp3) is 0.316. The molecule has 1 saturated heterocycles. The predicted molar refractivity (Wildman–Crippen MR) is 105 cm³/mol. The molecule has 9 heteroatoms. The molecule has 0 unspecified atom stereocenters. The minimum atomic E-state index is -3.54. The lowest BCUT2D eigenvalue weighted by Crippen LogP contribution is -2.50. The van der Waals surface area contributed by atoms with Gasteiger partial charge in [-0.1, -0.05) is 18.2 Å². The van der Waals surface area contributed by atoms with Crippen LogP contribution in [0.4, 0.5) is 5.82 Å². The Hall–Kier alpha value is -2.94. The summed E-state index contributed by atoms with van der Waals surface area (Å²) in [6.45, 7) is 3.11. The van der Waals surface area contributed by atoms with Gasteiger partial charge in [0.2, 0.25) is 5.91 Å². The Labute approximate surface area is 164 Å². The van der Waals surface area contributed by atoms with Crippen molar-refractivity contribution < 1.29 is 18.2 Å². The Morgan fingerprint density at radius 2 is 1.82 bits per heavy atom. The maximum absolute atomic E-state index is 12.5. The molecule has 0 atom stereocenters. The number of carbonyl (C=O) groups excluding carboxylic acids is 1. The number of pyridine rings is 1. The van der Waals surface area contributed by atoms with Gasteiger partial charge in [-0.05, 0) is 18.2 Å². The SMILES string of the molecule is O=C(CCN=C1NS(=O)(=O)c2ccccc21)N1CCN(c2cccc[nH+]2)CC1. The van der Waals surface area contributed by atoms with Crippen LogP contribution in [0.2, 0.25) is 0 Å². The molecule has 2 N–H and O–H groups in total. The van der Waals surface area contributed by atoms with Gasteiger partial charge >= 0.3 is 0 Å². The van der Waals surface area contributed by atoms with Crippen molar-refractivity contribution in [2.75, 3.05) is 37.6 Å². The maximum Gasteiger partial charge on any atom is 0.274 e. The highest BCUT2D eigenvalue weighted by molar-refractivity contribution is 7.90. The van der Waals surface area contributed by atoms with Crippen LogP contribution in [0.5, 0.6) is 0 Å². The van der Waals surface area contributed by atoms with Gasteiger partial charge in [-0.15, -0.1) is 0 Å². The maximum atomic E-state index is 12.5. The lowest BCUT2D eigenvalue weighted by atomic mass is 10.2. The second kappa shape index (κ2) is 7.59. The van der Waals surface area contributed by atoms with E-state index in [-0.39, 0.29) is 23.8 Å². The highest BCUT2D eigenvalue weighted by Gasteiger charge is 2.30. The van der Waals surface area contributed by atoms with Crippen LogP contribution in [0.3, 0.4) is 0 Å². The van der Waals surface area contributed by atoms with E-state index in [9.17, 15) is 13.2 Å². The number of aromatic nitrogens is 1. The average molecular weight is 400 g/mol. The van der Waals surface area contributed by atoms with Gasteiger partial charge in [-0.3, -0.25) is 19.4 Å². The number of rotatable bonds is 4. The lowest BCUT2D eigenvalue weighted by Gasteiger charge is -2.30. The first-order chi connectivity index (χ1) is 13.5. The van der Waals surface area contributed by atoms with Crippen LogP contribution in [0.1, 0.15) is 12.0 Å². The highest BCUT2D eigenvalue weighted by Crippen LogP contribution is 2.22. The van der Waals surface area contributed by atoms with Crippen molar-refractivity contribution >= 4 is 27.6 Å². The topological polar surface area (TPSA) is 96.2 Å². The standard InChI is InChI=1S/C19H21N5O3S/c25-18(24-13-11-23(12-14-24)17-7-3-4-9-20-17)8-10-21-19-15-5-1-2-6-16(15)28(26,27)22-19/h1-7,9H,8,10-14H2,(H,21,22)/p+1. The summed E-state index contributed by atoms with van der Waals surface area (Å²) in [5.74, 6) is 1.40. The van der Waals surface area contributed by atoms with E-state index in [1.807, 2.05) is 29.3 Å². The number of hydrogen-bond acceptors (Lipinski definition) is 5. The van der Waals surface area contributed by atoms with Crippen LogP contribution in [0.15, 0.2) is 58.5 Å². The zero-order valence-corrected chi connectivity index (χ0v) is 16.2. The molecule has 8 nitrogen and oxygen atoms in total. The average Bonchev–Trinajstić information content (AvgIpc) is 2.99. The first-order valence-corrected chi connectivity index (χ1v) is 10.7. The molecule has 0 bridgehead atoms. The van der Waals surface area contributed by atoms with Crippen molar-refractivity contribution in [1.82, 2.24) is 9.62 Å². The predicted octanol–water partition coefficient (Wildman–Crippen LogP) is 0.278. The van der Waals surface area contributed by atoms with Crippen LogP contribution in [0, 0.1) is 0 Å². The number of amides is 1. The number of benzene rings is 1. The Balaban J connectivity index is 1.32. The quantitative estimate of drug-likeness (QED) is 0.797. The number of aromatic amines is 1. The molecule has 0 aliphatic carbocycles. The third kappa shape index (κ3) is 3.70. The van der Waals surface area contributed by atoms with E-state index in [0.717, 1.165) is 18.9 Å². The number of H-pyrrole nitrogens is 1. The van der Waals surface area contributed by atoms with Crippen LogP contribution in [-0.4, -0.2) is 57.8 Å². The lowest BCUT2D eigenvalue weighted by molar-refractivity contribution is -0.364. The molecule has 146 valence electrons. The summed E-state index contributed by atoms with van der Waals surface area (Å²) in [5, 5.41) is 0. The normalized spacial score (nSPS) is 19.4. The van der Waals surface area contributed by atoms with Crippen molar-refractivity contribution in [3.05, 3.63) is 54.2 Å². The van der Waals surface area contributed by atoms with Crippen molar-refractivity contribution in [3.63, 3.8) is 0 Å². The van der Waals surface area contributed by atoms with Gasteiger partial charge in [0.25, 0.3) is 15.8 Å². The smallest absolute Gasteiger partial charge is 0.274 e. The molecular weight excluding hydrogens is 378 g/mol. The number of fused-ring (bicyclic) bond motifs is 1. The fourth-order valence-electron chi connectivity index (χ4n) is 3.45. The molecule has 2 aliphatic rings. The van der Waals surface area contributed by atoms with Crippen LogP contribution >= 0.6 is 0 Å². The Morgan fingerprint density at radius 1 is 1.07 bits per heavy atom. The molecule has 1 aromatic heterocycles. The number of nitrogens with zero attached hydrogens (tertiary/aromatic N) is 3. The number of aliphatic imine (C=N–C) groups is 1. The zero-order valence-electron chi connectivity index (χ0n) is 15.3. The molecule has 4 rings (SSSR count). The van der Waals surface area contributed by atoms with Gasteiger partial charge in [0.15, 0.2) is 0 Å². The van der Waals surface area contributed by atoms with E-state index >= 15 is 0 Å². The Morgan fingerprint density at radius 3 is 2.57 bits per heavy atom. The highest BCUT2D eigenvalue weighted by atomic mass is 32.2. The molecule has 1 fully saturated rings. The molecule has 0 spiro atoms. The Kier molecular flexibility index (Phi) is 4.99. The second-order valence-electron chi connectivity index (χ2n) is 6.70. The van der Waals surface area contributed by atoms with Gasteiger partial charge in [0.1, 0.15) is 18.9 Å². The van der Waals surface area contributed by atoms with Gasteiger partial charge in [0.05, 0.1) is 30.7 Å². The number of piperazine rings is 1. The monoisotopic (exact) mass is 400 g/mol. The fourth-order valence-corrected chi connectivity index (χ4v) is 4.70. The second-order valence-corrected chi connectivity index (χ2v) is 8.35. The summed E-state index contributed by atoms with van der Waals surface area (Å²) >= 11 is 0. The van der Waals surface area contributed by atoms with E-state index in [1.54, 1.807) is 24.3 Å².